The molecule has 0 saturated heterocycles. The number of rotatable bonds is 5. The number of carbonyl (C=O) groups excluding carboxylic acids is 2. The van der Waals surface area contributed by atoms with E-state index in [1.54, 1.807) is 19.4 Å². The first-order valence-electron chi connectivity index (χ1n) is 5.30. The highest BCUT2D eigenvalue weighted by atomic mass is 32.1. The van der Waals surface area contributed by atoms with Gasteiger partial charge in [0.05, 0.1) is 24.4 Å². The molecule has 0 aliphatic heterocycles. The Kier molecular flexibility index (Phi) is 5.09. The number of thiazole rings is 1. The van der Waals surface area contributed by atoms with Gasteiger partial charge in [-0.15, -0.1) is 11.3 Å². The van der Waals surface area contributed by atoms with Crippen molar-refractivity contribution in [3.63, 3.8) is 0 Å². The van der Waals surface area contributed by atoms with Gasteiger partial charge in [-0.2, -0.15) is 0 Å². The number of ketones is 1. The summed E-state index contributed by atoms with van der Waals surface area (Å²) in [4.78, 5) is 27.2. The minimum absolute atomic E-state index is 0.0246. The van der Waals surface area contributed by atoms with E-state index in [9.17, 15) is 9.59 Å². The zero-order chi connectivity index (χ0) is 12.8. The van der Waals surface area contributed by atoms with Crippen molar-refractivity contribution in [3.05, 3.63) is 16.6 Å². The number of carbonyl (C=O) groups is 2. The van der Waals surface area contributed by atoms with Gasteiger partial charge in [0.1, 0.15) is 0 Å². The zero-order valence-electron chi connectivity index (χ0n) is 10.1. The summed E-state index contributed by atoms with van der Waals surface area (Å²) in [5.41, 5.74) is 2.50. The summed E-state index contributed by atoms with van der Waals surface area (Å²) in [5.74, 6) is -0.167. The van der Waals surface area contributed by atoms with Crippen molar-refractivity contribution in [3.8, 4) is 0 Å². The zero-order valence-corrected chi connectivity index (χ0v) is 10.9. The molecule has 1 unspecified atom stereocenters. The molecule has 0 spiro atoms. The summed E-state index contributed by atoms with van der Waals surface area (Å²) < 4.78 is 4.51. The van der Waals surface area contributed by atoms with Crippen molar-refractivity contribution < 1.29 is 14.3 Å². The van der Waals surface area contributed by atoms with Gasteiger partial charge in [0, 0.05) is 17.7 Å². The van der Waals surface area contributed by atoms with Crippen LogP contribution in [0, 0.1) is 5.92 Å². The van der Waals surface area contributed by atoms with Crippen LogP contribution in [0.1, 0.15) is 19.5 Å². The average molecular weight is 256 g/mol. The molecule has 1 atom stereocenters. The molecule has 0 aliphatic carbocycles. The van der Waals surface area contributed by atoms with Crippen molar-refractivity contribution in [2.75, 3.05) is 7.11 Å². The molecule has 0 saturated carbocycles. The predicted octanol–water partition coefficient (Wildman–Crippen LogP) is 1.64. The van der Waals surface area contributed by atoms with Gasteiger partial charge >= 0.3 is 6.09 Å². The largest absolute Gasteiger partial charge is 0.453 e. The number of hydrogen-bond acceptors (Lipinski definition) is 5. The van der Waals surface area contributed by atoms with Crippen LogP contribution in [0.2, 0.25) is 0 Å². The predicted molar refractivity (Wildman–Crippen MR) is 65.0 cm³/mol. The van der Waals surface area contributed by atoms with Crippen molar-refractivity contribution in [1.29, 1.82) is 0 Å². The molecule has 0 fully saturated rings. The Bertz CT molecular complexity index is 376. The Morgan fingerprint density at radius 1 is 1.53 bits per heavy atom. The maximum Gasteiger partial charge on any atom is 0.407 e. The minimum Gasteiger partial charge on any atom is -0.453 e. The van der Waals surface area contributed by atoms with Crippen molar-refractivity contribution >= 4 is 23.2 Å². The van der Waals surface area contributed by atoms with Crippen molar-refractivity contribution in [2.45, 2.75) is 26.3 Å². The third kappa shape index (κ3) is 4.14. The number of nitrogens with one attached hydrogen (secondary N) is 1. The van der Waals surface area contributed by atoms with Gasteiger partial charge in [0.25, 0.3) is 0 Å². The van der Waals surface area contributed by atoms with Gasteiger partial charge in [0.15, 0.2) is 5.78 Å². The maximum absolute atomic E-state index is 11.9. The summed E-state index contributed by atoms with van der Waals surface area (Å²) in [6.07, 6.45) is -0.200. The molecular formula is C11H16N2O3S. The van der Waals surface area contributed by atoms with Gasteiger partial charge in [-0.3, -0.25) is 4.79 Å². The lowest BCUT2D eigenvalue weighted by molar-refractivity contribution is -0.123. The molecule has 5 nitrogen and oxygen atoms in total. The van der Waals surface area contributed by atoms with Gasteiger partial charge in [-0.25, -0.2) is 9.78 Å². The molecule has 6 heteroatoms. The first-order chi connectivity index (χ1) is 8.04. The first kappa shape index (κ1) is 13.6. The average Bonchev–Trinajstić information content (AvgIpc) is 2.79. The van der Waals surface area contributed by atoms with Crippen LogP contribution in [0.25, 0.3) is 0 Å². The Labute approximate surface area is 104 Å². The lowest BCUT2D eigenvalue weighted by Crippen LogP contribution is -2.44. The van der Waals surface area contributed by atoms with Crippen LogP contribution in [0.3, 0.4) is 0 Å². The van der Waals surface area contributed by atoms with E-state index in [1.807, 2.05) is 5.38 Å². The summed E-state index contributed by atoms with van der Waals surface area (Å²) in [6, 6.07) is -0.579. The number of ether oxygens (including phenoxy) is 1. The molecule has 0 aromatic carbocycles. The van der Waals surface area contributed by atoms with Gasteiger partial charge in [-0.1, -0.05) is 13.8 Å². The molecule has 1 amide bonds. The van der Waals surface area contributed by atoms with Gasteiger partial charge in [-0.05, 0) is 0 Å². The first-order valence-corrected chi connectivity index (χ1v) is 6.24. The molecule has 1 rings (SSSR count). The number of hydrogen-bond donors (Lipinski definition) is 1. The van der Waals surface area contributed by atoms with E-state index in [4.69, 9.17) is 0 Å². The Morgan fingerprint density at radius 2 is 2.24 bits per heavy atom. The fraction of sp³-hybridized carbons (Fsp3) is 0.545. The van der Waals surface area contributed by atoms with Gasteiger partial charge < -0.3 is 10.1 Å². The third-order valence-electron chi connectivity index (χ3n) is 2.29. The second-order valence-electron chi connectivity index (χ2n) is 3.93. The quantitative estimate of drug-likeness (QED) is 0.869. The highest BCUT2D eigenvalue weighted by Gasteiger charge is 2.24. The second kappa shape index (κ2) is 6.34. The number of amides is 1. The second-order valence-corrected chi connectivity index (χ2v) is 4.65. The molecule has 0 aliphatic rings. The van der Waals surface area contributed by atoms with Crippen molar-refractivity contribution in [2.24, 2.45) is 5.92 Å². The Morgan fingerprint density at radius 3 is 2.71 bits per heavy atom. The van der Waals surface area contributed by atoms with E-state index >= 15 is 0 Å². The highest BCUT2D eigenvalue weighted by molar-refractivity contribution is 7.07. The van der Waals surface area contributed by atoms with E-state index in [0.717, 1.165) is 5.69 Å². The van der Waals surface area contributed by atoms with Crippen LogP contribution < -0.4 is 5.32 Å². The smallest absolute Gasteiger partial charge is 0.407 e. The van der Waals surface area contributed by atoms with Crippen LogP contribution in [0.4, 0.5) is 4.79 Å². The fourth-order valence-corrected chi connectivity index (χ4v) is 1.95. The molecule has 17 heavy (non-hydrogen) atoms. The summed E-state index contributed by atoms with van der Waals surface area (Å²) in [7, 11) is 1.27. The van der Waals surface area contributed by atoms with E-state index in [2.05, 4.69) is 15.0 Å². The lowest BCUT2D eigenvalue weighted by atomic mass is 9.98. The van der Waals surface area contributed by atoms with Crippen LogP contribution in [-0.2, 0) is 16.0 Å². The van der Waals surface area contributed by atoms with Gasteiger partial charge in [0.2, 0.25) is 0 Å². The van der Waals surface area contributed by atoms with Crippen LogP contribution in [-0.4, -0.2) is 30.0 Å². The van der Waals surface area contributed by atoms with Crippen molar-refractivity contribution in [1.82, 2.24) is 10.3 Å². The van der Waals surface area contributed by atoms with Crippen LogP contribution in [0.15, 0.2) is 10.9 Å². The Hall–Kier alpha value is -1.43. The molecule has 1 aromatic rings. The lowest BCUT2D eigenvalue weighted by Gasteiger charge is -2.17. The monoisotopic (exact) mass is 256 g/mol. The fourth-order valence-electron chi connectivity index (χ4n) is 1.37. The number of nitrogens with zero attached hydrogens (tertiary/aromatic N) is 1. The normalized spacial score (nSPS) is 12.2. The molecule has 0 radical (unpaired) electrons. The minimum atomic E-state index is -0.598. The standard InChI is InChI=1S/C11H16N2O3S/c1-7(2)10(14)9(13-11(15)16-3)4-8-5-17-6-12-8/h5-7,9H,4H2,1-3H3,(H,13,15). The molecular weight excluding hydrogens is 240 g/mol. The third-order valence-corrected chi connectivity index (χ3v) is 2.92. The molecule has 1 N–H and O–H groups in total. The van der Waals surface area contributed by atoms with E-state index in [1.165, 1.54) is 18.4 Å². The summed E-state index contributed by atoms with van der Waals surface area (Å²) in [6.45, 7) is 3.60. The van der Waals surface area contributed by atoms with Crippen LogP contribution >= 0.6 is 11.3 Å². The number of Topliss-reactive ketones (excluding diaryl/α,β-unsaturated/α-hetero) is 1. The highest BCUT2D eigenvalue weighted by Crippen LogP contribution is 2.09. The number of alkyl carbamates (subject to hydrolysis) is 1. The molecule has 1 heterocycles. The summed E-state index contributed by atoms with van der Waals surface area (Å²) in [5, 5.41) is 4.40. The maximum atomic E-state index is 11.9. The molecule has 1 aromatic heterocycles. The summed E-state index contributed by atoms with van der Waals surface area (Å²) >= 11 is 1.46. The van der Waals surface area contributed by atoms with E-state index < -0.39 is 12.1 Å². The topological polar surface area (TPSA) is 68.3 Å². The SMILES string of the molecule is COC(=O)NC(Cc1cscn1)C(=O)C(C)C. The van der Waals surface area contributed by atoms with E-state index in [0.29, 0.717) is 6.42 Å². The number of aromatic nitrogens is 1. The molecule has 94 valence electrons. The van der Waals surface area contributed by atoms with Crippen LogP contribution in [0.5, 0.6) is 0 Å². The molecule has 0 bridgehead atoms. The number of methoxy groups -OCH3 is 1. The Balaban J connectivity index is 2.71. The van der Waals surface area contributed by atoms with E-state index in [-0.39, 0.29) is 11.7 Å².